The summed E-state index contributed by atoms with van der Waals surface area (Å²) in [6.07, 6.45) is 17.6. The monoisotopic (exact) mass is 394 g/mol. The number of unbranched alkanes of at least 4 members (excludes halogenated alkanes) is 11. The third kappa shape index (κ3) is 16.4. The zero-order valence-corrected chi connectivity index (χ0v) is 19.0. The maximum atomic E-state index is 5.90. The molecule has 0 aromatic heterocycles. The molecule has 3 nitrogen and oxygen atoms in total. The third-order valence-corrected chi connectivity index (χ3v) is 7.01. The van der Waals surface area contributed by atoms with Crippen LogP contribution < -0.4 is 0 Å². The fraction of sp³-hybridized carbons (Fsp3) is 1.00. The van der Waals surface area contributed by atoms with Crippen LogP contribution in [0.1, 0.15) is 111 Å². The first-order chi connectivity index (χ1) is 12.1. The molecule has 0 aliphatic carbocycles. The van der Waals surface area contributed by atoms with Crippen LogP contribution in [0.2, 0.25) is 0 Å². The van der Waals surface area contributed by atoms with Crippen molar-refractivity contribution in [3.63, 3.8) is 0 Å². The van der Waals surface area contributed by atoms with Crippen LogP contribution in [0.4, 0.5) is 0 Å². The van der Waals surface area contributed by atoms with Gasteiger partial charge in [0.15, 0.2) is 0 Å². The predicted molar refractivity (Wildman–Crippen MR) is 114 cm³/mol. The zero-order chi connectivity index (χ0) is 18.8. The van der Waals surface area contributed by atoms with E-state index < -0.39 is 6.72 Å². The molecule has 0 fully saturated rings. The van der Waals surface area contributed by atoms with Gasteiger partial charge in [0.25, 0.3) is 0 Å². The summed E-state index contributed by atoms with van der Waals surface area (Å²) in [6.45, 7) is 6.78. The van der Waals surface area contributed by atoms with E-state index in [0.29, 0.717) is 13.2 Å². The highest BCUT2D eigenvalue weighted by Crippen LogP contribution is 2.51. The maximum absolute atomic E-state index is 5.90. The average molecular weight is 395 g/mol. The van der Waals surface area contributed by atoms with E-state index in [9.17, 15) is 0 Å². The van der Waals surface area contributed by atoms with Crippen molar-refractivity contribution in [2.45, 2.75) is 117 Å². The van der Waals surface area contributed by atoms with Crippen LogP contribution in [0, 0.1) is 0 Å². The smallest absolute Gasteiger partial charge is 0.309 e. The molecule has 1 atom stereocenters. The molecule has 0 rings (SSSR count). The predicted octanol–water partition coefficient (Wildman–Crippen LogP) is 7.78. The largest absolute Gasteiger partial charge is 0.327 e. The molecule has 152 valence electrons. The summed E-state index contributed by atoms with van der Waals surface area (Å²) in [7, 11) is 0. The Kier molecular flexibility index (Phi) is 18.3. The van der Waals surface area contributed by atoms with Crippen LogP contribution >= 0.6 is 6.72 Å². The molecule has 0 saturated heterocycles. The molecule has 0 N–H and O–H groups in total. The van der Waals surface area contributed by atoms with Crippen LogP contribution in [-0.4, -0.2) is 19.3 Å². The molecule has 0 spiro atoms. The number of hydrogen-bond acceptors (Lipinski definition) is 4. The maximum Gasteiger partial charge on any atom is 0.327 e. The molecule has 1 unspecified atom stereocenters. The Labute approximate surface area is 162 Å². The SMILES string of the molecule is CCCCCCCCCCCCCCC(C)OP(=S)(OCC)OCC. The van der Waals surface area contributed by atoms with Crippen LogP contribution in [0.5, 0.6) is 0 Å². The second-order valence-corrected chi connectivity index (χ2v) is 9.84. The molecule has 0 bridgehead atoms. The summed E-state index contributed by atoms with van der Waals surface area (Å²) in [5.74, 6) is 0. The van der Waals surface area contributed by atoms with Crippen LogP contribution in [0.15, 0.2) is 0 Å². The van der Waals surface area contributed by atoms with Gasteiger partial charge in [0.2, 0.25) is 0 Å². The Balaban J connectivity index is 3.50. The highest BCUT2D eigenvalue weighted by molar-refractivity contribution is 8.07. The van der Waals surface area contributed by atoms with Gasteiger partial charge in [0.1, 0.15) is 0 Å². The van der Waals surface area contributed by atoms with Crippen molar-refractivity contribution < 1.29 is 13.6 Å². The van der Waals surface area contributed by atoms with Gasteiger partial charge in [0.05, 0.1) is 19.3 Å². The van der Waals surface area contributed by atoms with Crippen molar-refractivity contribution in [2.75, 3.05) is 13.2 Å². The molecule has 0 aromatic carbocycles. The van der Waals surface area contributed by atoms with Crippen molar-refractivity contribution in [1.29, 1.82) is 0 Å². The Morgan fingerprint density at radius 1 is 0.680 bits per heavy atom. The Bertz CT molecular complexity index is 316. The number of hydrogen-bond donors (Lipinski definition) is 0. The zero-order valence-electron chi connectivity index (χ0n) is 17.3. The summed E-state index contributed by atoms with van der Waals surface area (Å²) in [6, 6.07) is 0. The van der Waals surface area contributed by atoms with E-state index in [1.165, 1.54) is 77.0 Å². The molecule has 0 amide bonds. The highest BCUT2D eigenvalue weighted by Gasteiger charge is 2.22. The van der Waals surface area contributed by atoms with E-state index in [2.05, 4.69) is 13.8 Å². The molecule has 25 heavy (non-hydrogen) atoms. The highest BCUT2D eigenvalue weighted by atomic mass is 32.5. The van der Waals surface area contributed by atoms with Gasteiger partial charge in [-0.1, -0.05) is 84.0 Å². The fourth-order valence-electron chi connectivity index (χ4n) is 2.96. The van der Waals surface area contributed by atoms with Crippen molar-refractivity contribution in [3.8, 4) is 0 Å². The summed E-state index contributed by atoms with van der Waals surface area (Å²) in [5, 5.41) is 0. The first-order valence-corrected chi connectivity index (χ1v) is 13.2. The first-order valence-electron chi connectivity index (χ1n) is 10.7. The van der Waals surface area contributed by atoms with E-state index in [0.717, 1.165) is 6.42 Å². The second-order valence-electron chi connectivity index (χ2n) is 6.88. The second kappa shape index (κ2) is 17.9. The average Bonchev–Trinajstić information content (AvgIpc) is 2.56. The molecular formula is C20H43O3PS. The van der Waals surface area contributed by atoms with E-state index in [1.54, 1.807) is 0 Å². The molecule has 0 aliphatic heterocycles. The van der Waals surface area contributed by atoms with Gasteiger partial charge in [-0.15, -0.1) is 0 Å². The van der Waals surface area contributed by atoms with Crippen LogP contribution in [0.25, 0.3) is 0 Å². The lowest BCUT2D eigenvalue weighted by atomic mass is 10.0. The Morgan fingerprint density at radius 3 is 1.48 bits per heavy atom. The van der Waals surface area contributed by atoms with Crippen molar-refractivity contribution in [1.82, 2.24) is 0 Å². The van der Waals surface area contributed by atoms with Crippen LogP contribution in [0.3, 0.4) is 0 Å². The van der Waals surface area contributed by atoms with Crippen molar-refractivity contribution in [3.05, 3.63) is 0 Å². The topological polar surface area (TPSA) is 27.7 Å². The lowest BCUT2D eigenvalue weighted by Gasteiger charge is -2.24. The minimum Gasteiger partial charge on any atom is -0.309 e. The lowest BCUT2D eigenvalue weighted by molar-refractivity contribution is 0.123. The van der Waals surface area contributed by atoms with Gasteiger partial charge in [-0.3, -0.25) is 0 Å². The van der Waals surface area contributed by atoms with E-state index in [1.807, 2.05) is 13.8 Å². The van der Waals surface area contributed by atoms with Crippen molar-refractivity contribution in [2.24, 2.45) is 0 Å². The standard InChI is InChI=1S/C20H43O3PS/c1-5-8-9-10-11-12-13-14-15-16-17-18-19-20(4)23-24(25,21-6-2)22-7-3/h20H,5-19H2,1-4H3. The van der Waals surface area contributed by atoms with E-state index >= 15 is 0 Å². The van der Waals surface area contributed by atoms with Crippen molar-refractivity contribution >= 4 is 18.5 Å². The van der Waals surface area contributed by atoms with Gasteiger partial charge < -0.3 is 13.6 Å². The minimum atomic E-state index is -2.53. The molecule has 0 radical (unpaired) electrons. The number of rotatable bonds is 19. The molecule has 0 saturated carbocycles. The molecule has 0 aromatic rings. The van der Waals surface area contributed by atoms with Gasteiger partial charge in [-0.2, -0.15) is 0 Å². The van der Waals surface area contributed by atoms with Gasteiger partial charge in [-0.25, -0.2) is 0 Å². The molecule has 0 heterocycles. The van der Waals surface area contributed by atoms with Gasteiger partial charge >= 0.3 is 6.72 Å². The fourth-order valence-corrected chi connectivity index (χ4v) is 5.41. The quantitative estimate of drug-likeness (QED) is 0.165. The minimum absolute atomic E-state index is 0.118. The van der Waals surface area contributed by atoms with Gasteiger partial charge in [-0.05, 0) is 39.0 Å². The summed E-state index contributed by atoms with van der Waals surface area (Å²) in [4.78, 5) is 0. The Hall–Kier alpha value is 0.530. The lowest BCUT2D eigenvalue weighted by Crippen LogP contribution is -2.09. The summed E-state index contributed by atoms with van der Waals surface area (Å²) in [5.41, 5.74) is 0. The van der Waals surface area contributed by atoms with E-state index in [4.69, 9.17) is 25.4 Å². The third-order valence-electron chi connectivity index (χ3n) is 4.35. The molecule has 5 heteroatoms. The summed E-state index contributed by atoms with van der Waals surface area (Å²) < 4.78 is 17.0. The van der Waals surface area contributed by atoms with Crippen LogP contribution in [-0.2, 0) is 25.4 Å². The normalized spacial score (nSPS) is 13.3. The first kappa shape index (κ1) is 25.5. The van der Waals surface area contributed by atoms with Gasteiger partial charge in [0, 0.05) is 0 Å². The molecule has 0 aliphatic rings. The van der Waals surface area contributed by atoms with E-state index in [-0.39, 0.29) is 6.10 Å². The molecular weight excluding hydrogens is 351 g/mol. The Morgan fingerprint density at radius 2 is 1.08 bits per heavy atom. The summed E-state index contributed by atoms with van der Waals surface area (Å²) >= 11 is 5.42.